The number of aromatic amines is 1. The molecule has 182 valence electrons. The molecule has 4 rings (SSSR count). The molecule has 0 aliphatic heterocycles. The summed E-state index contributed by atoms with van der Waals surface area (Å²) in [7, 11) is -3.76. The Hall–Kier alpha value is -3.21. The molecule has 0 saturated carbocycles. The number of ketones is 1. The van der Waals surface area contributed by atoms with E-state index < -0.39 is 32.6 Å². The smallest absolute Gasteiger partial charge is 0.333 e. The Labute approximate surface area is 210 Å². The Morgan fingerprint density at radius 2 is 1.83 bits per heavy atom. The Kier molecular flexibility index (Phi) is 7.25. The van der Waals surface area contributed by atoms with Crippen molar-refractivity contribution in [1.29, 1.82) is 0 Å². The molecule has 11 heteroatoms. The van der Waals surface area contributed by atoms with E-state index in [0.29, 0.717) is 26.5 Å². The Morgan fingerprint density at radius 3 is 2.49 bits per heavy atom. The Morgan fingerprint density at radius 1 is 1.09 bits per heavy atom. The summed E-state index contributed by atoms with van der Waals surface area (Å²) in [6.07, 6.45) is 0.839. The van der Waals surface area contributed by atoms with Crippen molar-refractivity contribution < 1.29 is 13.2 Å². The van der Waals surface area contributed by atoms with Crippen LogP contribution >= 0.6 is 22.9 Å². The van der Waals surface area contributed by atoms with Gasteiger partial charge in [-0.25, -0.2) is 17.8 Å². The topological polar surface area (TPSA) is 118 Å². The molecular weight excluding hydrogens is 510 g/mol. The molecule has 35 heavy (non-hydrogen) atoms. The van der Waals surface area contributed by atoms with E-state index in [1.54, 1.807) is 42.5 Å². The van der Waals surface area contributed by atoms with Crippen LogP contribution in [0.5, 0.6) is 0 Å². The van der Waals surface area contributed by atoms with Crippen LogP contribution in [0, 0.1) is 0 Å². The van der Waals surface area contributed by atoms with Crippen molar-refractivity contribution in [2.45, 2.75) is 24.0 Å². The van der Waals surface area contributed by atoms with Crippen LogP contribution in [-0.2, 0) is 21.1 Å². The maximum absolute atomic E-state index is 13.0. The van der Waals surface area contributed by atoms with Crippen LogP contribution in [-0.4, -0.2) is 36.0 Å². The first kappa shape index (κ1) is 24.9. The van der Waals surface area contributed by atoms with Crippen molar-refractivity contribution in [2.75, 3.05) is 17.6 Å². The molecule has 0 atom stereocenters. The number of benzene rings is 2. The number of Topliss-reactive ketones (excluding diaryl/α,β-unsaturated/α-hetero) is 1. The third-order valence-corrected chi connectivity index (χ3v) is 8.77. The summed E-state index contributed by atoms with van der Waals surface area (Å²) in [5, 5.41) is 3.58. The minimum atomic E-state index is -3.76. The maximum atomic E-state index is 13.0. The van der Waals surface area contributed by atoms with Crippen LogP contribution in [0.4, 0.5) is 5.69 Å². The SMILES string of the molecule is CCCNc1ccc2c(=O)n(-c3ccc(CC(=O)CS(=O)(=O)c4ccc(Cl)s4)cc3)c(=O)[nH]c2c1. The lowest BCUT2D eigenvalue weighted by Crippen LogP contribution is -2.33. The van der Waals surface area contributed by atoms with Crippen LogP contribution in [0.2, 0.25) is 4.34 Å². The summed E-state index contributed by atoms with van der Waals surface area (Å²) < 4.78 is 26.2. The van der Waals surface area contributed by atoms with Crippen molar-refractivity contribution in [2.24, 2.45) is 0 Å². The molecule has 2 aromatic heterocycles. The molecule has 2 N–H and O–H groups in total. The number of hydrogen-bond donors (Lipinski definition) is 2. The molecule has 0 saturated heterocycles. The standard InChI is InChI=1S/C24H22ClN3O5S2/c1-2-11-26-16-5-8-19-20(13-16)27-24(31)28(23(19)30)17-6-3-15(4-7-17)12-18(29)14-35(32,33)22-10-9-21(25)34-22/h3-10,13,26H,2,11-12,14H2,1H3,(H,27,31). The van der Waals surface area contributed by atoms with Gasteiger partial charge in [0.25, 0.3) is 5.56 Å². The number of halogens is 1. The summed E-state index contributed by atoms with van der Waals surface area (Å²) >= 11 is 6.70. The van der Waals surface area contributed by atoms with Gasteiger partial charge in [0, 0.05) is 18.7 Å². The number of carbonyl (C=O) groups is 1. The molecule has 0 aliphatic rings. The van der Waals surface area contributed by atoms with Gasteiger partial charge in [-0.1, -0.05) is 30.7 Å². The van der Waals surface area contributed by atoms with Crippen LogP contribution in [0.15, 0.2) is 68.4 Å². The van der Waals surface area contributed by atoms with Gasteiger partial charge in [-0.2, -0.15) is 0 Å². The lowest BCUT2D eigenvalue weighted by molar-refractivity contribution is -0.116. The number of carbonyl (C=O) groups excluding carboxylic acids is 1. The van der Waals surface area contributed by atoms with Crippen LogP contribution in [0.25, 0.3) is 16.6 Å². The summed E-state index contributed by atoms with van der Waals surface area (Å²) in [5.41, 5.74) is 1.10. The molecule has 8 nitrogen and oxygen atoms in total. The van der Waals surface area contributed by atoms with Gasteiger partial charge in [0.05, 0.1) is 20.9 Å². The molecule has 0 fully saturated rings. The fourth-order valence-corrected chi connectivity index (χ4v) is 6.43. The number of H-pyrrole nitrogens is 1. The molecule has 2 heterocycles. The van der Waals surface area contributed by atoms with Crippen LogP contribution in [0.3, 0.4) is 0 Å². The van der Waals surface area contributed by atoms with E-state index in [1.807, 2.05) is 6.92 Å². The number of nitrogens with one attached hydrogen (secondary N) is 2. The average molecular weight is 532 g/mol. The Bertz CT molecular complexity index is 1620. The first-order valence-electron chi connectivity index (χ1n) is 10.8. The van der Waals surface area contributed by atoms with Gasteiger partial charge < -0.3 is 10.3 Å². The van der Waals surface area contributed by atoms with Crippen LogP contribution < -0.4 is 16.6 Å². The van der Waals surface area contributed by atoms with E-state index in [-0.39, 0.29) is 10.6 Å². The summed E-state index contributed by atoms with van der Waals surface area (Å²) in [5.74, 6) is -1.11. The number of hydrogen-bond acceptors (Lipinski definition) is 7. The second-order valence-electron chi connectivity index (χ2n) is 7.96. The van der Waals surface area contributed by atoms with Gasteiger partial charge in [-0.05, 0) is 54.4 Å². The Balaban J connectivity index is 1.54. The maximum Gasteiger partial charge on any atom is 0.333 e. The van der Waals surface area contributed by atoms with Crippen LogP contribution in [0.1, 0.15) is 18.9 Å². The zero-order chi connectivity index (χ0) is 25.2. The highest BCUT2D eigenvalue weighted by molar-refractivity contribution is 7.94. The first-order chi connectivity index (χ1) is 16.7. The normalized spacial score (nSPS) is 11.6. The van der Waals surface area contributed by atoms with Crippen molar-refractivity contribution in [3.05, 3.63) is 85.3 Å². The molecule has 0 spiro atoms. The monoisotopic (exact) mass is 531 g/mol. The summed E-state index contributed by atoms with van der Waals surface area (Å²) in [6, 6.07) is 14.3. The van der Waals surface area contributed by atoms with E-state index in [2.05, 4.69) is 10.3 Å². The lowest BCUT2D eigenvalue weighted by Gasteiger charge is -2.09. The minimum absolute atomic E-state index is 0.0503. The number of nitrogens with zero attached hydrogens (tertiary/aromatic N) is 1. The predicted octanol–water partition coefficient (Wildman–Crippen LogP) is 3.80. The molecule has 0 aliphatic carbocycles. The molecule has 0 bridgehead atoms. The van der Waals surface area contributed by atoms with Gasteiger partial charge in [0.2, 0.25) is 0 Å². The van der Waals surface area contributed by atoms with E-state index >= 15 is 0 Å². The van der Waals surface area contributed by atoms with Gasteiger partial charge in [-0.15, -0.1) is 11.3 Å². The molecular formula is C24H22ClN3O5S2. The first-order valence-corrected chi connectivity index (χ1v) is 13.6. The average Bonchev–Trinajstić information content (AvgIpc) is 3.25. The number of fused-ring (bicyclic) bond motifs is 1. The molecule has 0 radical (unpaired) electrons. The number of anilines is 1. The quantitative estimate of drug-likeness (QED) is 0.339. The van der Waals surface area contributed by atoms with Crippen molar-refractivity contribution in [3.63, 3.8) is 0 Å². The fourth-order valence-electron chi connectivity index (χ4n) is 3.62. The molecule has 0 unspecified atom stereocenters. The van der Waals surface area contributed by atoms with Gasteiger partial charge >= 0.3 is 5.69 Å². The zero-order valence-electron chi connectivity index (χ0n) is 18.7. The second-order valence-corrected chi connectivity index (χ2v) is 11.9. The number of thiophene rings is 1. The number of sulfone groups is 1. The second kappa shape index (κ2) is 10.2. The number of rotatable bonds is 9. The highest BCUT2D eigenvalue weighted by atomic mass is 35.5. The van der Waals surface area contributed by atoms with Gasteiger partial charge in [0.15, 0.2) is 15.6 Å². The van der Waals surface area contributed by atoms with E-state index in [1.165, 1.54) is 12.1 Å². The molecule has 2 aromatic carbocycles. The molecule has 0 amide bonds. The van der Waals surface area contributed by atoms with Crippen molar-refractivity contribution in [1.82, 2.24) is 9.55 Å². The highest BCUT2D eigenvalue weighted by Gasteiger charge is 2.21. The lowest BCUT2D eigenvalue weighted by atomic mass is 10.1. The largest absolute Gasteiger partial charge is 0.385 e. The zero-order valence-corrected chi connectivity index (χ0v) is 21.1. The van der Waals surface area contributed by atoms with Crippen molar-refractivity contribution in [3.8, 4) is 5.69 Å². The number of aromatic nitrogens is 2. The van der Waals surface area contributed by atoms with Gasteiger partial charge in [-0.3, -0.25) is 9.59 Å². The molecule has 4 aromatic rings. The third kappa shape index (κ3) is 5.55. The fraction of sp³-hybridized carbons (Fsp3) is 0.208. The van der Waals surface area contributed by atoms with E-state index in [0.717, 1.165) is 34.6 Å². The predicted molar refractivity (Wildman–Crippen MR) is 139 cm³/mol. The summed E-state index contributed by atoms with van der Waals surface area (Å²) in [6.45, 7) is 2.81. The summed E-state index contributed by atoms with van der Waals surface area (Å²) in [4.78, 5) is 40.8. The minimum Gasteiger partial charge on any atom is -0.385 e. The highest BCUT2D eigenvalue weighted by Crippen LogP contribution is 2.26. The third-order valence-electron chi connectivity index (χ3n) is 5.28. The van der Waals surface area contributed by atoms with E-state index in [9.17, 15) is 22.8 Å². The van der Waals surface area contributed by atoms with Gasteiger partial charge in [0.1, 0.15) is 9.96 Å². The van der Waals surface area contributed by atoms with Crippen molar-refractivity contribution >= 4 is 55.1 Å². The van der Waals surface area contributed by atoms with E-state index in [4.69, 9.17) is 11.6 Å².